The van der Waals surface area contributed by atoms with Gasteiger partial charge in [-0.25, -0.2) is 31.7 Å². The molecule has 0 unspecified atom stereocenters. The van der Waals surface area contributed by atoms with Gasteiger partial charge in [0.25, 0.3) is 0 Å². The van der Waals surface area contributed by atoms with Crippen LogP contribution in [0.2, 0.25) is 0 Å². The van der Waals surface area contributed by atoms with Crippen LogP contribution in [0.4, 0.5) is 0 Å². The number of H-pyrrole nitrogens is 1. The molecular formula is C16H15N7O4S2. The van der Waals surface area contributed by atoms with Crippen LogP contribution in [-0.2, 0) is 20.0 Å². The number of nitrogens with zero attached hydrogens (tertiary/aromatic N) is 4. The Bertz CT molecular complexity index is 1410. The Labute approximate surface area is 165 Å². The maximum absolute atomic E-state index is 12.5. The zero-order valence-corrected chi connectivity index (χ0v) is 16.6. The number of nitrogens with two attached hydrogens (primary N) is 1. The second-order valence-electron chi connectivity index (χ2n) is 6.07. The van der Waals surface area contributed by atoms with Gasteiger partial charge in [0.15, 0.2) is 12.5 Å². The minimum Gasteiger partial charge on any atom is -0.277 e. The second kappa shape index (κ2) is 6.81. The molecule has 0 fully saturated rings. The summed E-state index contributed by atoms with van der Waals surface area (Å²) in [6.07, 6.45) is 1.62. The number of para-hydroxylation sites is 1. The number of hydrogen-bond acceptors (Lipinski definition) is 8. The lowest BCUT2D eigenvalue weighted by Crippen LogP contribution is -2.26. The van der Waals surface area contributed by atoms with E-state index in [1.165, 1.54) is 19.2 Å². The zero-order chi connectivity index (χ0) is 20.8. The molecule has 4 N–H and O–H groups in total. The Morgan fingerprint density at radius 1 is 1.10 bits per heavy atom. The zero-order valence-electron chi connectivity index (χ0n) is 15.0. The molecule has 0 atom stereocenters. The van der Waals surface area contributed by atoms with Crippen molar-refractivity contribution in [1.82, 2.24) is 14.9 Å². The smallest absolute Gasteiger partial charge is 0.241 e. The third-order valence-electron chi connectivity index (χ3n) is 4.40. The van der Waals surface area contributed by atoms with E-state index in [0.717, 1.165) is 5.39 Å². The van der Waals surface area contributed by atoms with Gasteiger partial charge in [-0.15, -0.1) is 5.11 Å². The first-order chi connectivity index (χ1) is 13.7. The van der Waals surface area contributed by atoms with Gasteiger partial charge in [0.05, 0.1) is 17.3 Å². The third-order valence-corrected chi connectivity index (χ3v) is 6.98. The number of azo groups is 1. The average molecular weight is 433 g/mol. The first-order valence-corrected chi connectivity index (χ1v) is 11.2. The minimum atomic E-state index is -4.49. The standard InChI is InChI=1S/C16H15N7O4S2/c1-18-29(26,27)12-6-5-10(11-4-2-3-9-7-20-22-14(9)11)13(15(12)28(17,24)25)16-19-8-21-23-16/h2-7,18H,8H2,1H3,(H,20,22)(H2,17,24,25). The van der Waals surface area contributed by atoms with E-state index in [2.05, 4.69) is 30.1 Å². The van der Waals surface area contributed by atoms with E-state index in [1.54, 1.807) is 18.3 Å². The van der Waals surface area contributed by atoms with Crippen molar-refractivity contribution in [3.63, 3.8) is 0 Å². The number of amidine groups is 1. The van der Waals surface area contributed by atoms with Crippen LogP contribution in [0.5, 0.6) is 0 Å². The molecule has 29 heavy (non-hydrogen) atoms. The molecule has 4 rings (SSSR count). The normalized spacial score (nSPS) is 14.5. The predicted octanol–water partition coefficient (Wildman–Crippen LogP) is 0.955. The molecule has 0 bridgehead atoms. The van der Waals surface area contributed by atoms with Crippen molar-refractivity contribution in [1.29, 1.82) is 0 Å². The largest absolute Gasteiger partial charge is 0.277 e. The summed E-state index contributed by atoms with van der Waals surface area (Å²) in [5.41, 5.74) is 1.55. The maximum atomic E-state index is 12.5. The van der Waals surface area contributed by atoms with Gasteiger partial charge in [-0.05, 0) is 18.7 Å². The van der Waals surface area contributed by atoms with E-state index in [4.69, 9.17) is 5.14 Å². The molecule has 0 saturated carbocycles. The highest BCUT2D eigenvalue weighted by molar-refractivity contribution is 7.92. The monoisotopic (exact) mass is 433 g/mol. The summed E-state index contributed by atoms with van der Waals surface area (Å²) in [5.74, 6) is -0.0197. The fraction of sp³-hybridized carbons (Fsp3) is 0.125. The van der Waals surface area contributed by atoms with Gasteiger partial charge in [0.1, 0.15) is 9.79 Å². The highest BCUT2D eigenvalue weighted by Gasteiger charge is 2.32. The number of aliphatic imine (C=N–C) groups is 1. The molecule has 1 aromatic heterocycles. The molecule has 0 amide bonds. The van der Waals surface area contributed by atoms with Crippen LogP contribution in [0.25, 0.3) is 22.0 Å². The number of primary sulfonamides is 1. The minimum absolute atomic E-state index is 0.00387. The molecule has 11 nitrogen and oxygen atoms in total. The molecule has 0 aliphatic carbocycles. The third kappa shape index (κ3) is 3.23. The molecule has 0 saturated heterocycles. The van der Waals surface area contributed by atoms with Crippen LogP contribution < -0.4 is 9.86 Å². The molecule has 1 aliphatic rings. The van der Waals surface area contributed by atoms with Gasteiger partial charge >= 0.3 is 0 Å². The van der Waals surface area contributed by atoms with E-state index in [-0.39, 0.29) is 18.1 Å². The van der Waals surface area contributed by atoms with Gasteiger partial charge in [0.2, 0.25) is 20.0 Å². The second-order valence-corrected chi connectivity index (χ2v) is 9.43. The lowest BCUT2D eigenvalue weighted by molar-refractivity contribution is 0.578. The number of rotatable bonds is 5. The van der Waals surface area contributed by atoms with Crippen LogP contribution >= 0.6 is 0 Å². The summed E-state index contributed by atoms with van der Waals surface area (Å²) < 4.78 is 52.2. The predicted molar refractivity (Wildman–Crippen MR) is 105 cm³/mol. The summed E-state index contributed by atoms with van der Waals surface area (Å²) in [6, 6.07) is 8.01. The Hall–Kier alpha value is -3.00. The molecule has 2 heterocycles. The molecule has 150 valence electrons. The Morgan fingerprint density at radius 2 is 1.90 bits per heavy atom. The number of benzene rings is 2. The van der Waals surface area contributed by atoms with Crippen molar-refractivity contribution in [3.8, 4) is 11.1 Å². The van der Waals surface area contributed by atoms with E-state index in [9.17, 15) is 16.8 Å². The fourth-order valence-electron chi connectivity index (χ4n) is 3.17. The van der Waals surface area contributed by atoms with Gasteiger partial charge < -0.3 is 0 Å². The summed E-state index contributed by atoms with van der Waals surface area (Å²) in [6.45, 7) is -0.00387. The van der Waals surface area contributed by atoms with Crippen molar-refractivity contribution >= 4 is 36.8 Å². The molecular weight excluding hydrogens is 418 g/mol. The highest BCUT2D eigenvalue weighted by atomic mass is 32.2. The highest BCUT2D eigenvalue weighted by Crippen LogP contribution is 2.37. The van der Waals surface area contributed by atoms with Crippen molar-refractivity contribution in [2.24, 2.45) is 20.4 Å². The number of aromatic amines is 1. The van der Waals surface area contributed by atoms with E-state index in [0.29, 0.717) is 16.6 Å². The molecule has 2 aromatic carbocycles. The summed E-state index contributed by atoms with van der Waals surface area (Å²) in [5, 5.41) is 20.8. The summed E-state index contributed by atoms with van der Waals surface area (Å²) >= 11 is 0. The van der Waals surface area contributed by atoms with Gasteiger partial charge in [0, 0.05) is 10.9 Å². The van der Waals surface area contributed by atoms with Crippen molar-refractivity contribution in [2.45, 2.75) is 9.79 Å². The van der Waals surface area contributed by atoms with Gasteiger partial charge in [-0.1, -0.05) is 24.3 Å². The lowest BCUT2D eigenvalue weighted by Gasteiger charge is -2.17. The van der Waals surface area contributed by atoms with Crippen molar-refractivity contribution in [3.05, 3.63) is 42.1 Å². The number of fused-ring (bicyclic) bond motifs is 1. The van der Waals surface area contributed by atoms with Crippen LogP contribution in [0.1, 0.15) is 5.56 Å². The van der Waals surface area contributed by atoms with Crippen LogP contribution in [0.15, 0.2) is 61.5 Å². The summed E-state index contributed by atoms with van der Waals surface area (Å²) in [7, 11) is -7.47. The Morgan fingerprint density at radius 3 is 2.55 bits per heavy atom. The average Bonchev–Trinajstić information content (AvgIpc) is 3.37. The molecule has 0 radical (unpaired) electrons. The van der Waals surface area contributed by atoms with Gasteiger partial charge in [-0.2, -0.15) is 10.2 Å². The number of sulfonamides is 2. The first kappa shape index (κ1) is 19.3. The van der Waals surface area contributed by atoms with Gasteiger partial charge in [-0.3, -0.25) is 5.10 Å². The van der Waals surface area contributed by atoms with Crippen molar-refractivity contribution in [2.75, 3.05) is 13.7 Å². The maximum Gasteiger partial charge on any atom is 0.241 e. The number of nitrogens with one attached hydrogen (secondary N) is 2. The lowest BCUT2D eigenvalue weighted by atomic mass is 9.97. The quantitative estimate of drug-likeness (QED) is 0.542. The van der Waals surface area contributed by atoms with Crippen molar-refractivity contribution < 1.29 is 16.8 Å². The van der Waals surface area contributed by atoms with Crippen LogP contribution in [-0.4, -0.2) is 46.6 Å². The SMILES string of the molecule is CNS(=O)(=O)c1ccc(-c2cccc3cn[nH]c23)c(C2=NCN=N2)c1S(N)(=O)=O. The topological polar surface area (TPSA) is 172 Å². The number of hydrogen-bond donors (Lipinski definition) is 3. The summed E-state index contributed by atoms with van der Waals surface area (Å²) in [4.78, 5) is 3.01. The van der Waals surface area contributed by atoms with Crippen LogP contribution in [0.3, 0.4) is 0 Å². The first-order valence-electron chi connectivity index (χ1n) is 8.22. The van der Waals surface area contributed by atoms with E-state index < -0.39 is 29.8 Å². The molecule has 13 heteroatoms. The molecule has 1 aliphatic heterocycles. The fourth-order valence-corrected chi connectivity index (χ4v) is 5.49. The Kier molecular flexibility index (Phi) is 4.53. The van der Waals surface area contributed by atoms with Crippen LogP contribution in [0, 0.1) is 0 Å². The Balaban J connectivity index is 2.19. The molecule has 3 aromatic rings. The van der Waals surface area contributed by atoms with E-state index in [1.807, 2.05) is 6.07 Å². The van der Waals surface area contributed by atoms with E-state index >= 15 is 0 Å². The number of aromatic nitrogens is 2. The molecule has 0 spiro atoms.